The van der Waals surface area contributed by atoms with Gasteiger partial charge in [-0.1, -0.05) is 0 Å². The lowest BCUT2D eigenvalue weighted by atomic mass is 10.5. The summed E-state index contributed by atoms with van der Waals surface area (Å²) in [4.78, 5) is 10.2. The van der Waals surface area contributed by atoms with Crippen LogP contribution in [0.4, 0.5) is 0 Å². The first-order valence-corrected chi connectivity index (χ1v) is 3.02. The number of aliphatic carboxylic acids is 1. The molecule has 0 aliphatic carbocycles. The molecule has 0 aliphatic rings. The van der Waals surface area contributed by atoms with Gasteiger partial charge in [-0.3, -0.25) is 4.63 Å². The monoisotopic (exact) mass is 174 g/mol. The largest absolute Gasteiger partial charge is 0.479 e. The normalized spacial score (nSPS) is 9.75. The first kappa shape index (κ1) is 8.31. The maximum Gasteiger partial charge on any atom is 0.398 e. The molecule has 0 unspecified atom stereocenters. The third kappa shape index (κ3) is 1.62. The van der Waals surface area contributed by atoms with Crippen LogP contribution < -0.4 is 9.64 Å². The average molecular weight is 174 g/mol. The van der Waals surface area contributed by atoms with E-state index in [1.54, 1.807) is 0 Å². The highest BCUT2D eigenvalue weighted by Crippen LogP contribution is 2.07. The second kappa shape index (κ2) is 3.07. The maximum absolute atomic E-state index is 10.5. The Morgan fingerprint density at radius 2 is 2.58 bits per heavy atom. The molecule has 7 nitrogen and oxygen atoms in total. The standard InChI is InChI=1S/C5H6N2O5/c1-3-5(6-12-7(3)10)11-2-4(8)9/h2H2,1H3,(H,8,9). The second-order valence-corrected chi connectivity index (χ2v) is 2.00. The first-order valence-electron chi connectivity index (χ1n) is 3.02. The molecule has 0 saturated carbocycles. The van der Waals surface area contributed by atoms with Gasteiger partial charge < -0.3 is 15.1 Å². The van der Waals surface area contributed by atoms with Crippen LogP contribution in [0.2, 0.25) is 0 Å². The number of hydrogen-bond acceptors (Lipinski definition) is 5. The summed E-state index contributed by atoms with van der Waals surface area (Å²) in [6, 6.07) is 0. The van der Waals surface area contributed by atoms with E-state index >= 15 is 0 Å². The topological polar surface area (TPSA) is 99.5 Å². The van der Waals surface area contributed by atoms with Gasteiger partial charge in [0.05, 0.1) is 5.16 Å². The summed E-state index contributed by atoms with van der Waals surface area (Å²) in [6.07, 6.45) is 0. The van der Waals surface area contributed by atoms with E-state index in [1.165, 1.54) is 6.92 Å². The molecule has 12 heavy (non-hydrogen) atoms. The molecule has 1 rings (SSSR count). The van der Waals surface area contributed by atoms with Crippen molar-refractivity contribution in [1.29, 1.82) is 0 Å². The molecule has 0 fully saturated rings. The molecular formula is C5H6N2O5. The molecule has 0 aromatic carbocycles. The van der Waals surface area contributed by atoms with E-state index in [2.05, 4.69) is 14.5 Å². The molecule has 0 aliphatic heterocycles. The minimum Gasteiger partial charge on any atom is -0.479 e. The Bertz CT molecular complexity index is 294. The molecule has 1 aromatic heterocycles. The Kier molecular flexibility index (Phi) is 2.13. The van der Waals surface area contributed by atoms with Gasteiger partial charge in [-0.2, -0.15) is 0 Å². The van der Waals surface area contributed by atoms with Gasteiger partial charge in [0.25, 0.3) is 0 Å². The fourth-order valence-corrected chi connectivity index (χ4v) is 0.540. The average Bonchev–Trinajstić information content (AvgIpc) is 2.30. The van der Waals surface area contributed by atoms with Crippen LogP contribution in [0, 0.1) is 12.1 Å². The summed E-state index contributed by atoms with van der Waals surface area (Å²) < 4.78 is 8.71. The van der Waals surface area contributed by atoms with E-state index in [1.807, 2.05) is 0 Å². The van der Waals surface area contributed by atoms with Crippen molar-refractivity contribution in [2.45, 2.75) is 6.92 Å². The highest BCUT2D eigenvalue weighted by molar-refractivity contribution is 5.68. The van der Waals surface area contributed by atoms with Crippen LogP contribution >= 0.6 is 0 Å². The summed E-state index contributed by atoms with van der Waals surface area (Å²) in [5.74, 6) is -1.25. The van der Waals surface area contributed by atoms with E-state index in [4.69, 9.17) is 5.11 Å². The third-order valence-corrected chi connectivity index (χ3v) is 1.11. The van der Waals surface area contributed by atoms with Gasteiger partial charge in [-0.15, -0.1) is 0 Å². The molecule has 0 saturated heterocycles. The van der Waals surface area contributed by atoms with Crippen LogP contribution in [-0.4, -0.2) is 22.8 Å². The number of nitrogens with zero attached hydrogens (tertiary/aromatic N) is 2. The van der Waals surface area contributed by atoms with Gasteiger partial charge >= 0.3 is 11.8 Å². The Hall–Kier alpha value is -1.79. The molecule has 1 aromatic rings. The number of carboxylic acid groups (broad SMARTS) is 1. The highest BCUT2D eigenvalue weighted by atomic mass is 16.8. The highest BCUT2D eigenvalue weighted by Gasteiger charge is 2.16. The summed E-state index contributed by atoms with van der Waals surface area (Å²) in [5.41, 5.74) is 0.0938. The number of hydrogen-bond donors (Lipinski definition) is 1. The van der Waals surface area contributed by atoms with Crippen molar-refractivity contribution in [2.75, 3.05) is 6.61 Å². The Balaban J connectivity index is 2.63. The van der Waals surface area contributed by atoms with E-state index in [0.29, 0.717) is 0 Å². The second-order valence-electron chi connectivity index (χ2n) is 2.00. The first-order chi connectivity index (χ1) is 5.61. The number of aromatic nitrogens is 2. The van der Waals surface area contributed by atoms with Crippen molar-refractivity contribution in [3.05, 3.63) is 10.9 Å². The molecule has 1 heterocycles. The minimum atomic E-state index is -1.14. The molecule has 0 atom stereocenters. The van der Waals surface area contributed by atoms with E-state index in [0.717, 1.165) is 0 Å². The van der Waals surface area contributed by atoms with E-state index in [9.17, 15) is 10.0 Å². The molecule has 0 spiro atoms. The van der Waals surface area contributed by atoms with Crippen LogP contribution in [0.3, 0.4) is 0 Å². The SMILES string of the molecule is Cc1c(OCC(=O)O)no[n+]1[O-]. The summed E-state index contributed by atoms with van der Waals surface area (Å²) in [5, 5.41) is 21.9. The smallest absolute Gasteiger partial charge is 0.398 e. The van der Waals surface area contributed by atoms with Gasteiger partial charge in [0.15, 0.2) is 6.61 Å². The number of carbonyl (C=O) groups is 1. The minimum absolute atomic E-state index is 0.0938. The zero-order valence-corrected chi connectivity index (χ0v) is 6.18. The van der Waals surface area contributed by atoms with Gasteiger partial charge in [0, 0.05) is 6.92 Å². The lowest BCUT2D eigenvalue weighted by Gasteiger charge is -1.92. The molecule has 7 heteroatoms. The zero-order valence-electron chi connectivity index (χ0n) is 6.18. The van der Waals surface area contributed by atoms with Gasteiger partial charge in [0.2, 0.25) is 5.69 Å². The van der Waals surface area contributed by atoms with E-state index < -0.39 is 12.6 Å². The molecule has 0 radical (unpaired) electrons. The van der Waals surface area contributed by atoms with Crippen molar-refractivity contribution in [3.8, 4) is 5.88 Å². The van der Waals surface area contributed by atoms with Crippen molar-refractivity contribution in [1.82, 2.24) is 5.16 Å². The number of carboxylic acids is 1. The predicted molar refractivity (Wildman–Crippen MR) is 33.3 cm³/mol. The summed E-state index contributed by atoms with van der Waals surface area (Å²) >= 11 is 0. The van der Waals surface area contributed by atoms with Crippen molar-refractivity contribution >= 4 is 5.97 Å². The molecule has 66 valence electrons. The Labute approximate surface area is 66.7 Å². The molecular weight excluding hydrogens is 168 g/mol. The van der Waals surface area contributed by atoms with Crippen LogP contribution in [0.15, 0.2) is 4.63 Å². The zero-order chi connectivity index (χ0) is 9.14. The fraction of sp³-hybridized carbons (Fsp3) is 0.400. The summed E-state index contributed by atoms with van der Waals surface area (Å²) in [6.45, 7) is 0.855. The lowest BCUT2D eigenvalue weighted by molar-refractivity contribution is -0.806. The van der Waals surface area contributed by atoms with Crippen LogP contribution in [0.1, 0.15) is 5.69 Å². The molecule has 0 amide bonds. The molecule has 0 bridgehead atoms. The molecule has 1 N–H and O–H groups in total. The number of rotatable bonds is 3. The van der Waals surface area contributed by atoms with Gasteiger partial charge in [-0.25, -0.2) is 4.79 Å². The van der Waals surface area contributed by atoms with Crippen LogP contribution in [0.5, 0.6) is 5.88 Å². The Morgan fingerprint density at radius 3 is 3.00 bits per heavy atom. The predicted octanol–water partition coefficient (Wildman–Crippen LogP) is -0.920. The van der Waals surface area contributed by atoms with Gasteiger partial charge in [-0.05, 0) is 4.90 Å². The van der Waals surface area contributed by atoms with Gasteiger partial charge in [0.1, 0.15) is 0 Å². The van der Waals surface area contributed by atoms with Crippen molar-refractivity contribution < 1.29 is 24.2 Å². The summed E-state index contributed by atoms with van der Waals surface area (Å²) in [7, 11) is 0. The van der Waals surface area contributed by atoms with E-state index in [-0.39, 0.29) is 16.5 Å². The quantitative estimate of drug-likeness (QED) is 0.595. The lowest BCUT2D eigenvalue weighted by Crippen LogP contribution is -2.25. The van der Waals surface area contributed by atoms with Crippen LogP contribution in [-0.2, 0) is 4.79 Å². The van der Waals surface area contributed by atoms with Crippen molar-refractivity contribution in [2.24, 2.45) is 0 Å². The third-order valence-electron chi connectivity index (χ3n) is 1.11. The van der Waals surface area contributed by atoms with Crippen LogP contribution in [0.25, 0.3) is 0 Å². The number of ether oxygens (including phenoxy) is 1. The maximum atomic E-state index is 10.5. The Morgan fingerprint density at radius 1 is 1.92 bits per heavy atom. The fourth-order valence-electron chi connectivity index (χ4n) is 0.540. The van der Waals surface area contributed by atoms with Crippen molar-refractivity contribution in [3.63, 3.8) is 0 Å².